The molecule has 0 spiro atoms. The van der Waals surface area contributed by atoms with Crippen LogP contribution >= 0.6 is 11.3 Å². The molecule has 1 amide bonds. The van der Waals surface area contributed by atoms with Gasteiger partial charge >= 0.3 is 5.97 Å². The van der Waals surface area contributed by atoms with E-state index in [1.54, 1.807) is 41.8 Å². The molecule has 0 saturated carbocycles. The van der Waals surface area contributed by atoms with E-state index in [1.165, 1.54) is 35.1 Å². The number of nitrogens with one attached hydrogen (secondary N) is 1. The van der Waals surface area contributed by atoms with Crippen LogP contribution in [0.15, 0.2) is 76.6 Å². The monoisotopic (exact) mass is 565 g/mol. The second kappa shape index (κ2) is 12.4. The molecule has 0 atom stereocenters. The Morgan fingerprint density at radius 1 is 1.03 bits per heavy atom. The molecular weight excluding hydrogens is 534 g/mol. The number of aryl methyl sites for hydroxylation is 2. The smallest absolute Gasteiger partial charge is 0.326 e. The van der Waals surface area contributed by atoms with Gasteiger partial charge in [-0.15, -0.1) is 0 Å². The van der Waals surface area contributed by atoms with Crippen molar-refractivity contribution in [2.45, 2.75) is 51.5 Å². The van der Waals surface area contributed by atoms with E-state index in [4.69, 9.17) is 4.74 Å². The number of esters is 1. The van der Waals surface area contributed by atoms with Crippen LogP contribution in [0, 0.1) is 6.92 Å². The topological polar surface area (TPSA) is 107 Å². The molecule has 0 aliphatic heterocycles. The molecule has 8 nitrogen and oxygen atoms in total. The number of rotatable bonds is 10. The Morgan fingerprint density at radius 2 is 1.79 bits per heavy atom. The Kier molecular flexibility index (Phi) is 8.98. The van der Waals surface area contributed by atoms with Crippen molar-refractivity contribution in [1.29, 1.82) is 0 Å². The van der Waals surface area contributed by atoms with Crippen molar-refractivity contribution in [3.63, 3.8) is 0 Å². The summed E-state index contributed by atoms with van der Waals surface area (Å²) >= 11 is 1.32. The number of aromatic nitrogens is 1. The summed E-state index contributed by atoms with van der Waals surface area (Å²) < 4.78 is 35.9. The maximum Gasteiger partial charge on any atom is 0.326 e. The third-order valence-electron chi connectivity index (χ3n) is 6.05. The number of unbranched alkanes of at least 4 members (excludes halogenated alkanes) is 1. The lowest BCUT2D eigenvalue weighted by molar-refractivity contribution is -0.143. The van der Waals surface area contributed by atoms with Crippen LogP contribution < -0.4 is 9.52 Å². The number of hydrogen-bond donors (Lipinski definition) is 1. The minimum atomic E-state index is -3.83. The Bertz CT molecular complexity index is 1670. The molecule has 4 rings (SSSR count). The van der Waals surface area contributed by atoms with Crippen LogP contribution in [0.5, 0.6) is 0 Å². The fourth-order valence-corrected chi connectivity index (χ4v) is 6.17. The molecule has 10 heteroatoms. The van der Waals surface area contributed by atoms with Crippen molar-refractivity contribution in [2.75, 3.05) is 11.3 Å². The molecule has 39 heavy (non-hydrogen) atoms. The predicted molar refractivity (Wildman–Crippen MR) is 153 cm³/mol. The summed E-state index contributed by atoms with van der Waals surface area (Å²) in [6.45, 7) is 5.93. The fourth-order valence-electron chi connectivity index (χ4n) is 4.03. The molecule has 4 aromatic rings. The van der Waals surface area contributed by atoms with Crippen molar-refractivity contribution in [2.24, 2.45) is 4.99 Å². The van der Waals surface area contributed by atoms with Crippen LogP contribution in [-0.4, -0.2) is 31.5 Å². The Labute approximate surface area is 232 Å². The first-order valence-corrected chi connectivity index (χ1v) is 15.1. The molecule has 1 aromatic heterocycles. The highest BCUT2D eigenvalue weighted by molar-refractivity contribution is 7.92. The summed E-state index contributed by atoms with van der Waals surface area (Å²) in [6.07, 6.45) is 3.10. The number of fused-ring (bicyclic) bond motifs is 1. The molecule has 0 aliphatic carbocycles. The highest BCUT2D eigenvalue weighted by atomic mass is 32.2. The van der Waals surface area contributed by atoms with Gasteiger partial charge in [0.2, 0.25) is 0 Å². The summed E-state index contributed by atoms with van der Waals surface area (Å²) in [7, 11) is -3.83. The molecule has 0 aliphatic rings. The summed E-state index contributed by atoms with van der Waals surface area (Å²) in [5.41, 5.74) is 3.37. The van der Waals surface area contributed by atoms with Gasteiger partial charge < -0.3 is 9.30 Å². The average Bonchev–Trinajstić information content (AvgIpc) is 3.23. The van der Waals surface area contributed by atoms with Gasteiger partial charge in [0, 0.05) is 11.3 Å². The van der Waals surface area contributed by atoms with Crippen LogP contribution in [0.4, 0.5) is 5.69 Å². The minimum absolute atomic E-state index is 0.0787. The lowest BCUT2D eigenvalue weighted by Gasteiger charge is -2.09. The normalized spacial score (nSPS) is 12.0. The highest BCUT2D eigenvalue weighted by Gasteiger charge is 2.16. The molecule has 0 unspecified atom stereocenters. The molecule has 1 heterocycles. The molecule has 1 N–H and O–H groups in total. The quantitative estimate of drug-likeness (QED) is 0.257. The number of thiazole rings is 1. The fraction of sp³-hybridized carbons (Fsp3) is 0.276. The number of ether oxygens (including phenoxy) is 1. The van der Waals surface area contributed by atoms with E-state index in [0.29, 0.717) is 4.80 Å². The van der Waals surface area contributed by atoms with Gasteiger partial charge in [0.1, 0.15) is 6.54 Å². The van der Waals surface area contributed by atoms with E-state index < -0.39 is 21.9 Å². The maximum atomic E-state index is 13.2. The largest absolute Gasteiger partial charge is 0.465 e. The molecule has 3 aromatic carbocycles. The number of carbonyl (C=O) groups is 2. The van der Waals surface area contributed by atoms with Gasteiger partial charge in [-0.2, -0.15) is 4.99 Å². The number of amides is 1. The van der Waals surface area contributed by atoms with Crippen molar-refractivity contribution < 1.29 is 22.7 Å². The molecule has 204 valence electrons. The zero-order valence-corrected chi connectivity index (χ0v) is 23.8. The number of benzene rings is 3. The first-order chi connectivity index (χ1) is 18.7. The van der Waals surface area contributed by atoms with Gasteiger partial charge in [0.25, 0.3) is 15.9 Å². The summed E-state index contributed by atoms with van der Waals surface area (Å²) in [5, 5.41) is 0. The number of anilines is 1. The van der Waals surface area contributed by atoms with Crippen molar-refractivity contribution in [1.82, 2.24) is 4.57 Å². The second-order valence-electron chi connectivity index (χ2n) is 9.10. The predicted octanol–water partition coefficient (Wildman–Crippen LogP) is 5.46. The summed E-state index contributed by atoms with van der Waals surface area (Å²) in [4.78, 5) is 30.4. The molecule has 0 saturated heterocycles. The zero-order chi connectivity index (χ0) is 28.0. The van der Waals surface area contributed by atoms with Gasteiger partial charge in [-0.25, -0.2) is 8.42 Å². The summed E-state index contributed by atoms with van der Waals surface area (Å²) in [6, 6.07) is 18.7. The van der Waals surface area contributed by atoms with E-state index >= 15 is 0 Å². The van der Waals surface area contributed by atoms with Gasteiger partial charge in [0.05, 0.1) is 21.7 Å². The first kappa shape index (κ1) is 28.3. The maximum absolute atomic E-state index is 13.2. The van der Waals surface area contributed by atoms with Gasteiger partial charge in [-0.1, -0.05) is 54.5 Å². The summed E-state index contributed by atoms with van der Waals surface area (Å²) in [5.74, 6) is -0.976. The second-order valence-corrected chi connectivity index (χ2v) is 11.8. The van der Waals surface area contributed by atoms with E-state index in [9.17, 15) is 18.0 Å². The zero-order valence-electron chi connectivity index (χ0n) is 22.1. The highest BCUT2D eigenvalue weighted by Crippen LogP contribution is 2.22. The third kappa shape index (κ3) is 7.01. The van der Waals surface area contributed by atoms with Gasteiger partial charge in [0.15, 0.2) is 4.80 Å². The standard InChI is InChI=1S/C29H31N3O5S2/c1-4-6-8-21-13-16-25-26(17-21)38-29(32(25)19-27(33)37-5-2)30-28(34)22-9-7-10-23(18-22)31-39(35,36)24-14-11-20(3)12-15-24/h7,9-18,31H,4-6,8,19H2,1-3H3. The lowest BCUT2D eigenvalue weighted by atomic mass is 10.1. The first-order valence-electron chi connectivity index (χ1n) is 12.8. The van der Waals surface area contributed by atoms with Crippen molar-refractivity contribution in [3.8, 4) is 0 Å². The van der Waals surface area contributed by atoms with Crippen molar-refractivity contribution >= 4 is 49.1 Å². The molecule has 0 bridgehead atoms. The van der Waals surface area contributed by atoms with Crippen LogP contribution in [0.2, 0.25) is 0 Å². The number of sulfonamides is 1. The number of nitrogens with zero attached hydrogens (tertiary/aromatic N) is 2. The van der Waals surface area contributed by atoms with Crippen LogP contribution in [0.1, 0.15) is 48.2 Å². The van der Waals surface area contributed by atoms with E-state index in [2.05, 4.69) is 22.7 Å². The van der Waals surface area contributed by atoms with E-state index in [1.807, 2.05) is 19.1 Å². The van der Waals surface area contributed by atoms with Gasteiger partial charge in [-0.05, 0) is 74.7 Å². The average molecular weight is 566 g/mol. The number of carbonyl (C=O) groups excluding carboxylic acids is 2. The molecule has 0 radical (unpaired) electrons. The SMILES string of the molecule is CCCCc1ccc2c(c1)sc(=NC(=O)c1cccc(NS(=O)(=O)c3ccc(C)cc3)c1)n2CC(=O)OCC. The Morgan fingerprint density at radius 3 is 2.51 bits per heavy atom. The van der Waals surface area contributed by atoms with E-state index in [-0.39, 0.29) is 29.3 Å². The molecular formula is C29H31N3O5S2. The van der Waals surface area contributed by atoms with Crippen molar-refractivity contribution in [3.05, 3.63) is 88.2 Å². The lowest BCUT2D eigenvalue weighted by Crippen LogP contribution is -2.23. The Balaban J connectivity index is 1.68. The van der Waals surface area contributed by atoms with Crippen LogP contribution in [0.3, 0.4) is 0 Å². The van der Waals surface area contributed by atoms with Crippen LogP contribution in [-0.2, 0) is 32.5 Å². The number of hydrogen-bond acceptors (Lipinski definition) is 6. The molecule has 0 fully saturated rings. The van der Waals surface area contributed by atoms with E-state index in [0.717, 1.165) is 35.0 Å². The van der Waals surface area contributed by atoms with Gasteiger partial charge in [-0.3, -0.25) is 14.3 Å². The minimum Gasteiger partial charge on any atom is -0.465 e. The third-order valence-corrected chi connectivity index (χ3v) is 8.49. The Hall–Kier alpha value is -3.76. The van der Waals surface area contributed by atoms with Crippen LogP contribution in [0.25, 0.3) is 10.2 Å².